The van der Waals surface area contributed by atoms with Gasteiger partial charge < -0.3 is 13.9 Å². The molecule has 3 nitrogen and oxygen atoms in total. The highest BCUT2D eigenvalue weighted by molar-refractivity contribution is 6.87. The van der Waals surface area contributed by atoms with Gasteiger partial charge in [-0.15, -0.1) is 5.54 Å². The first-order valence-corrected chi connectivity index (χ1v) is 18.1. The second-order valence-corrected chi connectivity index (χ2v) is 20.5. The van der Waals surface area contributed by atoms with Crippen LogP contribution in [-0.4, -0.2) is 41.3 Å². The van der Waals surface area contributed by atoms with E-state index in [-0.39, 0.29) is 23.4 Å². The molecule has 1 fully saturated rings. The van der Waals surface area contributed by atoms with E-state index in [1.807, 2.05) is 6.07 Å². The Hall–Kier alpha value is -0.906. The van der Waals surface area contributed by atoms with Gasteiger partial charge in [0, 0.05) is 0 Å². The van der Waals surface area contributed by atoms with Gasteiger partial charge in [-0.3, -0.25) is 0 Å². The predicted molar refractivity (Wildman–Crippen MR) is 141 cm³/mol. The topological polar surface area (TPSA) is 27.7 Å². The summed E-state index contributed by atoms with van der Waals surface area (Å²) in [4.78, 5) is 0. The molecule has 180 valence electrons. The molecule has 5 heteroatoms. The summed E-state index contributed by atoms with van der Waals surface area (Å²) in [6.45, 7) is 19.7. The van der Waals surface area contributed by atoms with Gasteiger partial charge in [0.15, 0.2) is 8.32 Å². The monoisotopic (exact) mass is 474 g/mol. The van der Waals surface area contributed by atoms with Crippen LogP contribution in [0.15, 0.2) is 30.3 Å². The highest BCUT2D eigenvalue weighted by Gasteiger charge is 2.42. The Kier molecular flexibility index (Phi) is 10.2. The average molecular weight is 475 g/mol. The first-order chi connectivity index (χ1) is 15.1. The zero-order chi connectivity index (χ0) is 23.8. The van der Waals surface area contributed by atoms with Crippen LogP contribution in [-0.2, 0) is 20.5 Å². The van der Waals surface area contributed by atoms with Crippen LogP contribution in [0.2, 0.25) is 36.3 Å². The highest BCUT2D eigenvalue weighted by atomic mass is 28.4. The first kappa shape index (κ1) is 27.3. The van der Waals surface area contributed by atoms with Crippen molar-refractivity contribution in [1.29, 1.82) is 0 Å². The zero-order valence-electron chi connectivity index (χ0n) is 21.8. The number of hydrogen-bond acceptors (Lipinski definition) is 3. The van der Waals surface area contributed by atoms with E-state index in [1.54, 1.807) is 0 Å². The van der Waals surface area contributed by atoms with Gasteiger partial charge in [0.25, 0.3) is 0 Å². The molecule has 3 atom stereocenters. The number of rotatable bonds is 10. The minimum atomic E-state index is -1.95. The van der Waals surface area contributed by atoms with Crippen molar-refractivity contribution in [3.05, 3.63) is 35.9 Å². The van der Waals surface area contributed by atoms with E-state index in [2.05, 4.69) is 90.4 Å². The third kappa shape index (κ3) is 7.57. The summed E-state index contributed by atoms with van der Waals surface area (Å²) < 4.78 is 19.3. The SMILES string of the molecule is CC[Si](C#C[C@@H](O[Si](C)(C)C(C)(C)C)[C@H]1CC[C@H](COCc2ccccc2)O1)(CC)CC. The molecule has 0 aliphatic carbocycles. The third-order valence-corrected chi connectivity index (χ3v) is 16.8. The van der Waals surface area contributed by atoms with Crippen LogP contribution in [0.3, 0.4) is 0 Å². The maximum Gasteiger partial charge on any atom is 0.193 e. The molecular weight excluding hydrogens is 428 g/mol. The molecule has 0 aromatic heterocycles. The molecule has 1 aromatic carbocycles. The fourth-order valence-corrected chi connectivity index (χ4v) is 7.57. The Balaban J connectivity index is 2.08. The fraction of sp³-hybridized carbons (Fsp3) is 0.704. The van der Waals surface area contributed by atoms with Gasteiger partial charge in [0.2, 0.25) is 0 Å². The van der Waals surface area contributed by atoms with Gasteiger partial charge in [0.1, 0.15) is 14.2 Å². The van der Waals surface area contributed by atoms with Crippen molar-refractivity contribution < 1.29 is 13.9 Å². The summed E-state index contributed by atoms with van der Waals surface area (Å²) in [5, 5.41) is 0.151. The zero-order valence-corrected chi connectivity index (χ0v) is 23.8. The van der Waals surface area contributed by atoms with Crippen LogP contribution in [0.1, 0.15) is 59.9 Å². The molecule has 0 radical (unpaired) electrons. The molecule has 0 saturated carbocycles. The molecule has 0 unspecified atom stereocenters. The largest absolute Gasteiger partial charge is 0.401 e. The highest BCUT2D eigenvalue weighted by Crippen LogP contribution is 2.39. The van der Waals surface area contributed by atoms with Crippen LogP contribution in [0.4, 0.5) is 0 Å². The van der Waals surface area contributed by atoms with Crippen molar-refractivity contribution in [3.63, 3.8) is 0 Å². The van der Waals surface area contributed by atoms with E-state index < -0.39 is 16.4 Å². The van der Waals surface area contributed by atoms with Crippen molar-refractivity contribution in [1.82, 2.24) is 0 Å². The Bertz CT molecular complexity index is 733. The summed E-state index contributed by atoms with van der Waals surface area (Å²) in [6.07, 6.45) is 2.04. The molecule has 1 saturated heterocycles. The molecule has 0 amide bonds. The van der Waals surface area contributed by atoms with E-state index >= 15 is 0 Å². The lowest BCUT2D eigenvalue weighted by atomic mass is 10.1. The first-order valence-electron chi connectivity index (χ1n) is 12.5. The van der Waals surface area contributed by atoms with Crippen molar-refractivity contribution >= 4 is 16.4 Å². The molecule has 32 heavy (non-hydrogen) atoms. The third-order valence-electron chi connectivity index (χ3n) is 7.63. The molecule has 1 heterocycles. The van der Waals surface area contributed by atoms with Crippen molar-refractivity contribution in [2.24, 2.45) is 0 Å². The summed E-state index contributed by atoms with van der Waals surface area (Å²) in [5.41, 5.74) is 4.99. The van der Waals surface area contributed by atoms with E-state index in [9.17, 15) is 0 Å². The summed E-state index contributed by atoms with van der Waals surface area (Å²) >= 11 is 0. The lowest BCUT2D eigenvalue weighted by molar-refractivity contribution is -0.0461. The van der Waals surface area contributed by atoms with Crippen molar-refractivity contribution in [2.75, 3.05) is 6.61 Å². The van der Waals surface area contributed by atoms with Crippen molar-refractivity contribution in [3.8, 4) is 11.5 Å². The molecule has 0 N–H and O–H groups in total. The lowest BCUT2D eigenvalue weighted by Gasteiger charge is -2.39. The van der Waals surface area contributed by atoms with Crippen LogP contribution < -0.4 is 0 Å². The Morgan fingerprint density at radius 1 is 1.03 bits per heavy atom. The predicted octanol–water partition coefficient (Wildman–Crippen LogP) is 7.19. The maximum atomic E-state index is 6.86. The molecule has 0 bridgehead atoms. The Morgan fingerprint density at radius 2 is 1.66 bits per heavy atom. The smallest absolute Gasteiger partial charge is 0.193 e. The average Bonchev–Trinajstić information content (AvgIpc) is 3.23. The maximum absolute atomic E-state index is 6.86. The molecular formula is C27H46O3Si2. The van der Waals surface area contributed by atoms with Crippen LogP contribution in [0, 0.1) is 11.5 Å². The minimum Gasteiger partial charge on any atom is -0.401 e. The summed E-state index contributed by atoms with van der Waals surface area (Å²) in [7, 11) is -3.49. The number of benzene rings is 1. The van der Waals surface area contributed by atoms with Gasteiger partial charge in [-0.1, -0.05) is 77.8 Å². The van der Waals surface area contributed by atoms with Crippen molar-refractivity contribution in [2.45, 2.75) is 116 Å². The molecule has 1 aromatic rings. The van der Waals surface area contributed by atoms with Gasteiger partial charge in [-0.25, -0.2) is 0 Å². The molecule has 1 aliphatic heterocycles. The second kappa shape index (κ2) is 12.0. The summed E-state index contributed by atoms with van der Waals surface area (Å²) in [6, 6.07) is 14.0. The van der Waals surface area contributed by atoms with E-state index in [0.29, 0.717) is 13.2 Å². The van der Waals surface area contributed by atoms with Gasteiger partial charge in [-0.05, 0) is 54.7 Å². The quantitative estimate of drug-likeness (QED) is 0.265. The Labute approximate surface area is 199 Å². The van der Waals surface area contributed by atoms with Crippen LogP contribution in [0.25, 0.3) is 0 Å². The normalized spacial score (nSPS) is 20.6. The molecule has 2 rings (SSSR count). The van der Waals surface area contributed by atoms with Gasteiger partial charge in [0.05, 0.1) is 25.4 Å². The van der Waals surface area contributed by atoms with Gasteiger partial charge >= 0.3 is 0 Å². The van der Waals surface area contributed by atoms with Crippen LogP contribution in [0.5, 0.6) is 0 Å². The Morgan fingerprint density at radius 3 is 2.22 bits per heavy atom. The lowest BCUT2D eigenvalue weighted by Crippen LogP contribution is -2.47. The number of hydrogen-bond donors (Lipinski definition) is 0. The van der Waals surface area contributed by atoms with E-state index in [4.69, 9.17) is 13.9 Å². The minimum absolute atomic E-state index is 0.0409. The number of ether oxygens (including phenoxy) is 2. The second-order valence-electron chi connectivity index (χ2n) is 10.8. The van der Waals surface area contributed by atoms with E-state index in [0.717, 1.165) is 12.8 Å². The molecule has 0 spiro atoms. The molecule has 1 aliphatic rings. The standard InChI is InChI=1S/C27H46O3Si2/c1-9-32(10-2,11-3)20-19-26(30-31(7,8)27(4,5)6)25-18-17-24(29-25)22-28-21-23-15-13-12-14-16-23/h12-16,24-26H,9-11,17-18,21-22H2,1-8H3/t24-,25-,26-/m1/s1. The van der Waals surface area contributed by atoms with E-state index in [1.165, 1.54) is 23.7 Å². The van der Waals surface area contributed by atoms with Gasteiger partial charge in [-0.2, -0.15) is 0 Å². The van der Waals surface area contributed by atoms with Crippen LogP contribution >= 0.6 is 0 Å². The fourth-order valence-electron chi connectivity index (χ4n) is 3.89. The summed E-state index contributed by atoms with van der Waals surface area (Å²) in [5.74, 6) is 3.64.